The average molecular weight is 348 g/mol. The van der Waals surface area contributed by atoms with Crippen LogP contribution in [-0.2, 0) is 14.3 Å². The minimum atomic E-state index is -0.694. The lowest BCUT2D eigenvalue weighted by Crippen LogP contribution is -2.36. The van der Waals surface area contributed by atoms with Crippen molar-refractivity contribution >= 4 is 24.0 Å². The standard InChI is InChI=1S/C16H16N2O7/c1-3-23-11-6-13-12(24-8-25-13)5-9(11)4-10-15(20)18(16(21)17-10)7-14(19)22-2/h4-6H,3,7-8H2,1-2H3,(H,17,21)/b10-4+. The fourth-order valence-corrected chi connectivity index (χ4v) is 2.40. The van der Waals surface area contributed by atoms with Crippen molar-refractivity contribution in [2.75, 3.05) is 27.1 Å². The maximum absolute atomic E-state index is 12.3. The molecule has 0 unspecified atom stereocenters. The summed E-state index contributed by atoms with van der Waals surface area (Å²) < 4.78 is 20.7. The molecule has 1 saturated heterocycles. The van der Waals surface area contributed by atoms with Gasteiger partial charge in [0, 0.05) is 11.6 Å². The molecule has 0 bridgehead atoms. The number of benzene rings is 1. The van der Waals surface area contributed by atoms with Crippen molar-refractivity contribution in [1.29, 1.82) is 0 Å². The summed E-state index contributed by atoms with van der Waals surface area (Å²) in [7, 11) is 1.18. The van der Waals surface area contributed by atoms with Gasteiger partial charge in [-0.2, -0.15) is 0 Å². The third kappa shape index (κ3) is 3.21. The van der Waals surface area contributed by atoms with Gasteiger partial charge in [-0.05, 0) is 19.1 Å². The zero-order valence-electron chi connectivity index (χ0n) is 13.7. The second-order valence-corrected chi connectivity index (χ2v) is 5.13. The molecule has 25 heavy (non-hydrogen) atoms. The molecule has 9 heteroatoms. The van der Waals surface area contributed by atoms with Crippen LogP contribution in [-0.4, -0.2) is 49.9 Å². The van der Waals surface area contributed by atoms with Crippen LogP contribution in [0.15, 0.2) is 17.8 Å². The number of rotatable bonds is 5. The predicted molar refractivity (Wildman–Crippen MR) is 84.0 cm³/mol. The number of urea groups is 1. The number of nitrogens with one attached hydrogen (secondary N) is 1. The highest BCUT2D eigenvalue weighted by Gasteiger charge is 2.35. The van der Waals surface area contributed by atoms with Crippen LogP contribution in [0.4, 0.5) is 4.79 Å². The molecule has 0 spiro atoms. The van der Waals surface area contributed by atoms with Crippen LogP contribution in [0.1, 0.15) is 12.5 Å². The highest BCUT2D eigenvalue weighted by molar-refractivity contribution is 6.15. The summed E-state index contributed by atoms with van der Waals surface area (Å²) in [6.07, 6.45) is 1.46. The van der Waals surface area contributed by atoms with E-state index in [1.807, 2.05) is 6.92 Å². The topological polar surface area (TPSA) is 103 Å². The van der Waals surface area contributed by atoms with Gasteiger partial charge in [-0.25, -0.2) is 9.69 Å². The Morgan fingerprint density at radius 1 is 1.32 bits per heavy atom. The van der Waals surface area contributed by atoms with E-state index in [4.69, 9.17) is 14.2 Å². The summed E-state index contributed by atoms with van der Waals surface area (Å²) in [4.78, 5) is 36.3. The van der Waals surface area contributed by atoms with E-state index in [0.717, 1.165) is 4.90 Å². The van der Waals surface area contributed by atoms with E-state index in [2.05, 4.69) is 10.1 Å². The quantitative estimate of drug-likeness (QED) is 0.478. The van der Waals surface area contributed by atoms with Gasteiger partial charge < -0.3 is 24.3 Å². The number of esters is 1. The SMILES string of the molecule is CCOc1cc2c(cc1/C=C1/NC(=O)N(CC(=O)OC)C1=O)OCO2. The smallest absolute Gasteiger partial charge is 0.329 e. The first-order valence-electron chi connectivity index (χ1n) is 7.51. The number of ether oxygens (including phenoxy) is 4. The van der Waals surface area contributed by atoms with Crippen LogP contribution in [0.25, 0.3) is 6.08 Å². The van der Waals surface area contributed by atoms with Gasteiger partial charge in [0.2, 0.25) is 6.79 Å². The number of amides is 3. The molecule has 3 amide bonds. The molecule has 1 N–H and O–H groups in total. The Kier molecular flexibility index (Phi) is 4.46. The van der Waals surface area contributed by atoms with E-state index < -0.39 is 24.5 Å². The van der Waals surface area contributed by atoms with Crippen molar-refractivity contribution in [2.24, 2.45) is 0 Å². The van der Waals surface area contributed by atoms with Gasteiger partial charge in [0.1, 0.15) is 18.0 Å². The van der Waals surface area contributed by atoms with Gasteiger partial charge in [0.25, 0.3) is 5.91 Å². The first kappa shape index (κ1) is 16.6. The molecule has 0 saturated carbocycles. The number of hydrogen-bond acceptors (Lipinski definition) is 7. The monoisotopic (exact) mass is 348 g/mol. The lowest BCUT2D eigenvalue weighted by atomic mass is 10.1. The van der Waals surface area contributed by atoms with Gasteiger partial charge in [-0.15, -0.1) is 0 Å². The molecule has 2 aliphatic heterocycles. The fraction of sp³-hybridized carbons (Fsp3) is 0.312. The highest BCUT2D eigenvalue weighted by Crippen LogP contribution is 2.39. The highest BCUT2D eigenvalue weighted by atomic mass is 16.7. The summed E-state index contributed by atoms with van der Waals surface area (Å²) in [5.74, 6) is 0.212. The second-order valence-electron chi connectivity index (χ2n) is 5.13. The maximum Gasteiger partial charge on any atom is 0.329 e. The molecule has 0 aromatic heterocycles. The number of hydrogen-bond donors (Lipinski definition) is 1. The molecule has 0 radical (unpaired) electrons. The number of carbonyl (C=O) groups is 3. The number of methoxy groups -OCH3 is 1. The first-order chi connectivity index (χ1) is 12.0. The van der Waals surface area contributed by atoms with Crippen LogP contribution in [0.2, 0.25) is 0 Å². The molecule has 132 valence electrons. The number of nitrogens with zero attached hydrogens (tertiary/aromatic N) is 1. The summed E-state index contributed by atoms with van der Waals surface area (Å²) in [5.41, 5.74) is 0.559. The van der Waals surface area contributed by atoms with Crippen molar-refractivity contribution in [1.82, 2.24) is 10.2 Å². The lowest BCUT2D eigenvalue weighted by molar-refractivity contribution is -0.143. The normalized spacial score (nSPS) is 17.0. The molecular formula is C16H16N2O7. The third-order valence-electron chi connectivity index (χ3n) is 3.58. The molecule has 0 aliphatic carbocycles. The summed E-state index contributed by atoms with van der Waals surface area (Å²) in [5, 5.41) is 2.43. The van der Waals surface area contributed by atoms with Gasteiger partial charge in [-0.3, -0.25) is 9.59 Å². The Morgan fingerprint density at radius 2 is 2.04 bits per heavy atom. The number of carbonyl (C=O) groups excluding carboxylic acids is 3. The van der Waals surface area contributed by atoms with Crippen molar-refractivity contribution in [3.8, 4) is 17.2 Å². The van der Waals surface area contributed by atoms with E-state index in [0.29, 0.717) is 29.4 Å². The first-order valence-corrected chi connectivity index (χ1v) is 7.51. The fourth-order valence-electron chi connectivity index (χ4n) is 2.40. The lowest BCUT2D eigenvalue weighted by Gasteiger charge is -2.10. The van der Waals surface area contributed by atoms with Crippen LogP contribution in [0.5, 0.6) is 17.2 Å². The number of fused-ring (bicyclic) bond motifs is 1. The zero-order valence-corrected chi connectivity index (χ0v) is 13.7. The van der Waals surface area contributed by atoms with Crippen LogP contribution >= 0.6 is 0 Å². The van der Waals surface area contributed by atoms with Gasteiger partial charge in [0.05, 0.1) is 13.7 Å². The van der Waals surface area contributed by atoms with Gasteiger partial charge in [-0.1, -0.05) is 0 Å². The molecule has 9 nitrogen and oxygen atoms in total. The van der Waals surface area contributed by atoms with Crippen molar-refractivity contribution in [3.05, 3.63) is 23.4 Å². The van der Waals surface area contributed by atoms with Gasteiger partial charge >= 0.3 is 12.0 Å². The Balaban J connectivity index is 1.91. The summed E-state index contributed by atoms with van der Waals surface area (Å²) in [6.45, 7) is 1.87. The Labute approximate surface area is 143 Å². The van der Waals surface area contributed by atoms with E-state index in [9.17, 15) is 14.4 Å². The Bertz CT molecular complexity index is 772. The van der Waals surface area contributed by atoms with Crippen molar-refractivity contribution in [2.45, 2.75) is 6.92 Å². The van der Waals surface area contributed by atoms with Crippen LogP contribution in [0.3, 0.4) is 0 Å². The largest absolute Gasteiger partial charge is 0.493 e. The van der Waals surface area contributed by atoms with Crippen LogP contribution < -0.4 is 19.5 Å². The Morgan fingerprint density at radius 3 is 2.72 bits per heavy atom. The minimum Gasteiger partial charge on any atom is -0.493 e. The minimum absolute atomic E-state index is 0.0220. The van der Waals surface area contributed by atoms with Crippen molar-refractivity contribution < 1.29 is 33.3 Å². The molecule has 3 rings (SSSR count). The number of imide groups is 1. The second kappa shape index (κ2) is 6.71. The summed E-state index contributed by atoms with van der Waals surface area (Å²) in [6, 6.07) is 2.62. The molecule has 2 heterocycles. The van der Waals surface area contributed by atoms with E-state index in [-0.39, 0.29) is 12.5 Å². The van der Waals surface area contributed by atoms with Crippen LogP contribution in [0, 0.1) is 0 Å². The molecule has 1 fully saturated rings. The van der Waals surface area contributed by atoms with Crippen molar-refractivity contribution in [3.63, 3.8) is 0 Å². The molecule has 0 atom stereocenters. The molecule has 1 aromatic rings. The predicted octanol–water partition coefficient (Wildman–Crippen LogP) is 0.880. The van der Waals surface area contributed by atoms with E-state index in [1.54, 1.807) is 12.1 Å². The van der Waals surface area contributed by atoms with E-state index in [1.165, 1.54) is 13.2 Å². The maximum atomic E-state index is 12.3. The van der Waals surface area contributed by atoms with Gasteiger partial charge in [0.15, 0.2) is 11.5 Å². The zero-order chi connectivity index (χ0) is 18.0. The van der Waals surface area contributed by atoms with E-state index >= 15 is 0 Å². The molecule has 2 aliphatic rings. The summed E-state index contributed by atoms with van der Waals surface area (Å²) >= 11 is 0. The average Bonchev–Trinajstić information content (AvgIpc) is 3.14. The molecular weight excluding hydrogens is 332 g/mol. The molecule has 1 aromatic carbocycles. The Hall–Kier alpha value is -3.23. The third-order valence-corrected chi connectivity index (χ3v) is 3.58.